The van der Waals surface area contributed by atoms with Gasteiger partial charge in [0.15, 0.2) is 23.2 Å². The number of hydrogen-bond donors (Lipinski definition) is 1. The molecule has 0 aliphatic heterocycles. The average Bonchev–Trinajstić information content (AvgIpc) is 2.25. The Balaban J connectivity index is 3.18. The minimum atomic E-state index is -1.65. The summed E-state index contributed by atoms with van der Waals surface area (Å²) in [6, 6.07) is 1.63. The van der Waals surface area contributed by atoms with Crippen molar-refractivity contribution < 1.29 is 18.0 Å². The van der Waals surface area contributed by atoms with E-state index in [0.717, 1.165) is 6.07 Å². The predicted octanol–water partition coefficient (Wildman–Crippen LogP) is 2.80. The van der Waals surface area contributed by atoms with Gasteiger partial charge in [0.1, 0.15) is 0 Å². The van der Waals surface area contributed by atoms with Crippen LogP contribution in [0.25, 0.3) is 0 Å². The van der Waals surface area contributed by atoms with Crippen molar-refractivity contribution in [2.75, 3.05) is 0 Å². The van der Waals surface area contributed by atoms with E-state index in [4.69, 9.17) is 5.73 Å². The number of benzene rings is 1. The molecule has 0 fully saturated rings. The van der Waals surface area contributed by atoms with Crippen LogP contribution in [0.4, 0.5) is 13.2 Å². The summed E-state index contributed by atoms with van der Waals surface area (Å²) >= 11 is 0. The molecule has 94 valence electrons. The van der Waals surface area contributed by atoms with Crippen LogP contribution in [-0.2, 0) is 0 Å². The highest BCUT2D eigenvalue weighted by atomic mass is 19.2. The molecule has 0 aliphatic rings. The van der Waals surface area contributed by atoms with E-state index >= 15 is 0 Å². The highest BCUT2D eigenvalue weighted by Crippen LogP contribution is 2.21. The van der Waals surface area contributed by atoms with Crippen LogP contribution in [-0.4, -0.2) is 11.3 Å². The monoisotopic (exact) mass is 245 g/mol. The van der Waals surface area contributed by atoms with Crippen molar-refractivity contribution in [2.24, 2.45) is 5.73 Å². The summed E-state index contributed by atoms with van der Waals surface area (Å²) in [4.78, 5) is 11.9. The maximum absolute atomic E-state index is 13.4. The maximum atomic E-state index is 13.4. The molecule has 2 nitrogen and oxygen atoms in total. The molecule has 0 spiro atoms. The third kappa shape index (κ3) is 2.66. The zero-order chi connectivity index (χ0) is 13.2. The molecule has 1 unspecified atom stereocenters. The Bertz CT molecular complexity index is 444. The van der Waals surface area contributed by atoms with Crippen molar-refractivity contribution >= 4 is 5.78 Å². The molecule has 0 heterocycles. The van der Waals surface area contributed by atoms with E-state index in [2.05, 4.69) is 0 Å². The van der Waals surface area contributed by atoms with Gasteiger partial charge in [-0.3, -0.25) is 4.79 Å². The van der Waals surface area contributed by atoms with Crippen LogP contribution in [0.3, 0.4) is 0 Å². The smallest absolute Gasteiger partial charge is 0.195 e. The molecule has 1 aromatic carbocycles. The van der Waals surface area contributed by atoms with Gasteiger partial charge in [0.2, 0.25) is 0 Å². The first kappa shape index (κ1) is 13.7. The van der Waals surface area contributed by atoms with Crippen LogP contribution in [0.15, 0.2) is 12.1 Å². The zero-order valence-electron chi connectivity index (χ0n) is 9.69. The minimum Gasteiger partial charge on any atom is -0.319 e. The SMILES string of the molecule is CCCC(C)(N)C(=O)c1ccc(F)c(F)c1F. The summed E-state index contributed by atoms with van der Waals surface area (Å²) in [5.74, 6) is -5.19. The van der Waals surface area contributed by atoms with Gasteiger partial charge < -0.3 is 5.73 Å². The Morgan fingerprint density at radius 3 is 2.41 bits per heavy atom. The van der Waals surface area contributed by atoms with E-state index in [1.807, 2.05) is 6.92 Å². The van der Waals surface area contributed by atoms with E-state index < -0.39 is 34.3 Å². The van der Waals surface area contributed by atoms with Gasteiger partial charge in [0, 0.05) is 0 Å². The molecule has 0 amide bonds. The van der Waals surface area contributed by atoms with Gasteiger partial charge in [-0.05, 0) is 25.5 Å². The van der Waals surface area contributed by atoms with Crippen LogP contribution in [0.5, 0.6) is 0 Å². The van der Waals surface area contributed by atoms with Crippen molar-refractivity contribution in [1.29, 1.82) is 0 Å². The normalized spacial score (nSPS) is 14.5. The summed E-state index contributed by atoms with van der Waals surface area (Å²) < 4.78 is 39.1. The highest BCUT2D eigenvalue weighted by molar-refractivity contribution is 6.03. The van der Waals surface area contributed by atoms with Crippen molar-refractivity contribution in [3.05, 3.63) is 35.1 Å². The molecule has 0 radical (unpaired) electrons. The summed E-state index contributed by atoms with van der Waals surface area (Å²) in [6.07, 6.45) is 0.967. The molecule has 17 heavy (non-hydrogen) atoms. The van der Waals surface area contributed by atoms with E-state index in [1.165, 1.54) is 6.92 Å². The fraction of sp³-hybridized carbons (Fsp3) is 0.417. The van der Waals surface area contributed by atoms with Crippen LogP contribution in [0, 0.1) is 17.5 Å². The van der Waals surface area contributed by atoms with E-state index in [1.54, 1.807) is 0 Å². The summed E-state index contributed by atoms with van der Waals surface area (Å²) in [7, 11) is 0. The first-order chi connectivity index (χ1) is 7.81. The molecule has 1 aromatic rings. The number of ketones is 1. The quantitative estimate of drug-likeness (QED) is 0.654. The third-order valence-electron chi connectivity index (χ3n) is 2.57. The molecule has 5 heteroatoms. The Hall–Kier alpha value is -1.36. The lowest BCUT2D eigenvalue weighted by atomic mass is 9.88. The van der Waals surface area contributed by atoms with Crippen molar-refractivity contribution in [2.45, 2.75) is 32.2 Å². The Morgan fingerprint density at radius 1 is 1.29 bits per heavy atom. The number of hydrogen-bond acceptors (Lipinski definition) is 2. The van der Waals surface area contributed by atoms with Crippen LogP contribution < -0.4 is 5.73 Å². The number of carbonyl (C=O) groups excluding carboxylic acids is 1. The third-order valence-corrected chi connectivity index (χ3v) is 2.57. The molecule has 0 bridgehead atoms. The van der Waals surface area contributed by atoms with Gasteiger partial charge in [-0.1, -0.05) is 13.3 Å². The first-order valence-corrected chi connectivity index (χ1v) is 5.28. The topological polar surface area (TPSA) is 43.1 Å². The molecule has 0 saturated carbocycles. The largest absolute Gasteiger partial charge is 0.319 e. The number of halogens is 3. The summed E-state index contributed by atoms with van der Waals surface area (Å²) in [5.41, 5.74) is 3.94. The Kier molecular flexibility index (Phi) is 3.93. The lowest BCUT2D eigenvalue weighted by molar-refractivity contribution is 0.0887. The molecule has 0 aromatic heterocycles. The number of nitrogens with two attached hydrogens (primary N) is 1. The van der Waals surface area contributed by atoms with Gasteiger partial charge in [-0.2, -0.15) is 0 Å². The van der Waals surface area contributed by atoms with Gasteiger partial charge in [0.25, 0.3) is 0 Å². The lowest BCUT2D eigenvalue weighted by Gasteiger charge is -2.22. The van der Waals surface area contributed by atoms with Crippen molar-refractivity contribution in [3.8, 4) is 0 Å². The number of rotatable bonds is 4. The Labute approximate surface area is 97.6 Å². The highest BCUT2D eigenvalue weighted by Gasteiger charge is 2.31. The average molecular weight is 245 g/mol. The molecule has 0 aliphatic carbocycles. The van der Waals surface area contributed by atoms with Crippen LogP contribution in [0.2, 0.25) is 0 Å². The summed E-state index contributed by atoms with van der Waals surface area (Å²) in [6.45, 7) is 3.26. The molecule has 2 N–H and O–H groups in total. The van der Waals surface area contributed by atoms with Crippen molar-refractivity contribution in [3.63, 3.8) is 0 Å². The van der Waals surface area contributed by atoms with Crippen LogP contribution >= 0.6 is 0 Å². The fourth-order valence-electron chi connectivity index (χ4n) is 1.64. The predicted molar refractivity (Wildman–Crippen MR) is 58.1 cm³/mol. The lowest BCUT2D eigenvalue weighted by Crippen LogP contribution is -2.45. The van der Waals surface area contributed by atoms with E-state index in [-0.39, 0.29) is 0 Å². The number of carbonyl (C=O) groups is 1. The van der Waals surface area contributed by atoms with Gasteiger partial charge in [0.05, 0.1) is 11.1 Å². The van der Waals surface area contributed by atoms with E-state index in [9.17, 15) is 18.0 Å². The van der Waals surface area contributed by atoms with Gasteiger partial charge in [-0.15, -0.1) is 0 Å². The summed E-state index contributed by atoms with van der Waals surface area (Å²) in [5, 5.41) is 0. The fourth-order valence-corrected chi connectivity index (χ4v) is 1.64. The van der Waals surface area contributed by atoms with Gasteiger partial charge >= 0.3 is 0 Å². The van der Waals surface area contributed by atoms with E-state index in [0.29, 0.717) is 18.9 Å². The number of Topliss-reactive ketones (excluding diaryl/α,β-unsaturated/α-hetero) is 1. The molecular weight excluding hydrogens is 231 g/mol. The minimum absolute atomic E-state index is 0.338. The second kappa shape index (κ2) is 4.87. The molecular formula is C12H14F3NO. The van der Waals surface area contributed by atoms with Gasteiger partial charge in [-0.25, -0.2) is 13.2 Å². The first-order valence-electron chi connectivity index (χ1n) is 5.28. The second-order valence-corrected chi connectivity index (χ2v) is 4.22. The zero-order valence-corrected chi connectivity index (χ0v) is 9.69. The molecule has 1 atom stereocenters. The standard InChI is InChI=1S/C12H14F3NO/c1-3-6-12(2,16)11(17)7-4-5-8(13)10(15)9(7)14/h4-5H,3,6,16H2,1-2H3. The molecule has 1 rings (SSSR count). The Morgan fingerprint density at radius 2 is 1.88 bits per heavy atom. The molecule has 0 saturated heterocycles. The van der Waals surface area contributed by atoms with Crippen molar-refractivity contribution in [1.82, 2.24) is 0 Å². The van der Waals surface area contributed by atoms with Crippen LogP contribution in [0.1, 0.15) is 37.0 Å². The maximum Gasteiger partial charge on any atom is 0.195 e. The second-order valence-electron chi connectivity index (χ2n) is 4.22.